The van der Waals surface area contributed by atoms with Gasteiger partial charge in [0.05, 0.1) is 47.8 Å². The van der Waals surface area contributed by atoms with Crippen LogP contribution in [0.3, 0.4) is 0 Å². The summed E-state index contributed by atoms with van der Waals surface area (Å²) in [5.41, 5.74) is 3.63. The van der Waals surface area contributed by atoms with Gasteiger partial charge in [0.15, 0.2) is 36.2 Å². The van der Waals surface area contributed by atoms with Crippen molar-refractivity contribution >= 4 is 23.5 Å². The first-order valence-corrected chi connectivity index (χ1v) is 12.0. The fourth-order valence-corrected chi connectivity index (χ4v) is 4.29. The molecule has 0 aliphatic heterocycles. The minimum Gasteiger partial charge on any atom is -1.00 e. The van der Waals surface area contributed by atoms with E-state index in [0.717, 1.165) is 48.2 Å². The molecule has 4 aromatic heterocycles. The minimum absolute atomic E-state index is 0. The number of hydrogen-bond donors (Lipinski definition) is 0. The van der Waals surface area contributed by atoms with Crippen LogP contribution in [-0.2, 0) is 14.1 Å². The van der Waals surface area contributed by atoms with Crippen molar-refractivity contribution in [2.75, 3.05) is 13.2 Å². The average molecular weight is 724 g/mol. The molecular formula is C22H26I2N6O2S2. The summed E-state index contributed by atoms with van der Waals surface area (Å²) in [7, 11) is 3.97. The van der Waals surface area contributed by atoms with E-state index in [2.05, 4.69) is 17.5 Å². The van der Waals surface area contributed by atoms with Crippen LogP contribution in [0.2, 0.25) is 0 Å². The molecule has 4 aromatic rings. The maximum Gasteiger partial charge on any atom is 0.254 e. The highest BCUT2D eigenvalue weighted by atomic mass is 127. The predicted octanol–water partition coefficient (Wildman–Crippen LogP) is -2.60. The molecule has 0 aliphatic rings. The van der Waals surface area contributed by atoms with Crippen molar-refractivity contribution in [3.63, 3.8) is 0 Å². The third-order valence-corrected chi connectivity index (χ3v) is 5.88. The fourth-order valence-electron chi connectivity index (χ4n) is 3.25. The summed E-state index contributed by atoms with van der Waals surface area (Å²) in [6.45, 7) is 1.26. The molecule has 0 fully saturated rings. The Morgan fingerprint density at radius 3 is 1.53 bits per heavy atom. The molecule has 0 saturated heterocycles. The van der Waals surface area contributed by atoms with E-state index >= 15 is 0 Å². The van der Waals surface area contributed by atoms with E-state index in [1.165, 1.54) is 23.5 Å². The molecule has 0 saturated carbocycles. The molecule has 0 bridgehead atoms. The number of nitrogens with zero attached hydrogens (tertiary/aromatic N) is 6. The summed E-state index contributed by atoms with van der Waals surface area (Å²) < 4.78 is 33.1. The van der Waals surface area contributed by atoms with Gasteiger partial charge in [-0.1, -0.05) is 0 Å². The van der Waals surface area contributed by atoms with Gasteiger partial charge in [0, 0.05) is 12.1 Å². The van der Waals surface area contributed by atoms with Gasteiger partial charge in [-0.2, -0.15) is 8.75 Å². The number of pyridine rings is 2. The highest BCUT2D eigenvalue weighted by Gasteiger charge is 2.15. The van der Waals surface area contributed by atoms with Crippen LogP contribution < -0.4 is 66.6 Å². The Hall–Kier alpha value is -1.52. The van der Waals surface area contributed by atoms with Crippen LogP contribution in [0.25, 0.3) is 22.5 Å². The second kappa shape index (κ2) is 14.8. The first-order valence-electron chi connectivity index (χ1n) is 10.5. The van der Waals surface area contributed by atoms with E-state index in [0.29, 0.717) is 25.0 Å². The average Bonchev–Trinajstić information content (AvgIpc) is 3.45. The molecule has 4 heterocycles. The van der Waals surface area contributed by atoms with Crippen LogP contribution in [0.15, 0.2) is 49.1 Å². The molecule has 34 heavy (non-hydrogen) atoms. The summed E-state index contributed by atoms with van der Waals surface area (Å²) in [6.07, 6.45) is 12.1. The largest absolute Gasteiger partial charge is 1.00 e. The zero-order valence-corrected chi connectivity index (χ0v) is 24.9. The van der Waals surface area contributed by atoms with Crippen molar-refractivity contribution in [2.24, 2.45) is 14.1 Å². The van der Waals surface area contributed by atoms with E-state index < -0.39 is 0 Å². The molecule has 182 valence electrons. The SMILES string of the molecule is C[n+]1cccc(-c2nsnc2OCCCCCCOc2nsnc2-c2ccc[n+](C)c2)c1.[I-].[I-]. The number of aryl methyl sites for hydroxylation is 2. The Bertz CT molecular complexity index is 1070. The molecule has 0 aliphatic carbocycles. The molecular weight excluding hydrogens is 698 g/mol. The van der Waals surface area contributed by atoms with Crippen LogP contribution in [0.1, 0.15) is 25.7 Å². The summed E-state index contributed by atoms with van der Waals surface area (Å²) in [5.74, 6) is 1.23. The Morgan fingerprint density at radius 2 is 1.12 bits per heavy atom. The first kappa shape index (κ1) is 28.7. The molecule has 0 atom stereocenters. The highest BCUT2D eigenvalue weighted by Crippen LogP contribution is 2.28. The van der Waals surface area contributed by atoms with Gasteiger partial charge >= 0.3 is 0 Å². The van der Waals surface area contributed by atoms with Gasteiger partial charge in [-0.25, -0.2) is 9.13 Å². The summed E-state index contributed by atoms with van der Waals surface area (Å²) in [5, 5.41) is 0. The lowest BCUT2D eigenvalue weighted by Gasteiger charge is -2.06. The van der Waals surface area contributed by atoms with Gasteiger partial charge in [0.1, 0.15) is 14.1 Å². The Balaban J connectivity index is 0.00000204. The number of hydrogen-bond acceptors (Lipinski definition) is 8. The topological polar surface area (TPSA) is 77.8 Å². The van der Waals surface area contributed by atoms with Crippen LogP contribution in [-0.4, -0.2) is 30.7 Å². The first-order chi connectivity index (χ1) is 15.7. The van der Waals surface area contributed by atoms with Crippen molar-refractivity contribution in [3.05, 3.63) is 49.1 Å². The standard InChI is InChI=1S/C22H26N6O2S2.2HI/c1-27-11-7-9-17(15-27)19-21(25-31-23-19)29-13-5-3-4-6-14-30-22-20(24-32-26-22)18-10-8-12-28(2)16-18;;/h7-12,15-16H,3-6,13-14H2,1-2H3;2*1H/q+2;;/p-2. The van der Waals surface area contributed by atoms with E-state index in [-0.39, 0.29) is 48.0 Å². The van der Waals surface area contributed by atoms with Crippen molar-refractivity contribution in [3.8, 4) is 34.3 Å². The van der Waals surface area contributed by atoms with E-state index in [9.17, 15) is 0 Å². The Morgan fingerprint density at radius 1 is 0.676 bits per heavy atom. The number of ether oxygens (including phenoxy) is 2. The molecule has 0 unspecified atom stereocenters. The van der Waals surface area contributed by atoms with Gasteiger partial charge in [0.25, 0.3) is 11.8 Å². The molecule has 0 N–H and O–H groups in total. The maximum absolute atomic E-state index is 5.89. The highest BCUT2D eigenvalue weighted by molar-refractivity contribution is 6.99. The second-order valence-corrected chi connectivity index (χ2v) is 8.52. The lowest BCUT2D eigenvalue weighted by molar-refractivity contribution is -0.671. The fraction of sp³-hybridized carbons (Fsp3) is 0.364. The smallest absolute Gasteiger partial charge is 0.254 e. The zero-order chi connectivity index (χ0) is 22.2. The second-order valence-electron chi connectivity index (χ2n) is 7.46. The Kier molecular flexibility index (Phi) is 12.5. The van der Waals surface area contributed by atoms with Crippen molar-refractivity contribution < 1.29 is 66.6 Å². The zero-order valence-electron chi connectivity index (χ0n) is 18.9. The van der Waals surface area contributed by atoms with Crippen molar-refractivity contribution in [1.82, 2.24) is 17.5 Å². The molecule has 8 nitrogen and oxygen atoms in total. The van der Waals surface area contributed by atoms with Gasteiger partial charge in [-0.3, -0.25) is 0 Å². The van der Waals surface area contributed by atoms with Crippen LogP contribution in [0.4, 0.5) is 0 Å². The number of halogens is 2. The monoisotopic (exact) mass is 724 g/mol. The Labute approximate surface area is 242 Å². The van der Waals surface area contributed by atoms with Crippen molar-refractivity contribution in [1.29, 1.82) is 0 Å². The molecule has 0 amide bonds. The lowest BCUT2D eigenvalue weighted by atomic mass is 10.2. The third-order valence-electron chi connectivity index (χ3n) is 4.86. The van der Waals surface area contributed by atoms with Gasteiger partial charge in [-0.15, -0.1) is 8.75 Å². The van der Waals surface area contributed by atoms with Gasteiger partial charge in [0.2, 0.25) is 0 Å². The normalized spacial score (nSPS) is 10.3. The van der Waals surface area contributed by atoms with E-state index in [4.69, 9.17) is 9.47 Å². The maximum atomic E-state index is 5.89. The molecule has 0 radical (unpaired) electrons. The number of rotatable bonds is 11. The lowest BCUT2D eigenvalue weighted by Crippen LogP contribution is -3.00. The van der Waals surface area contributed by atoms with Gasteiger partial charge < -0.3 is 57.4 Å². The molecule has 4 rings (SSSR count). The summed E-state index contributed by atoms with van der Waals surface area (Å²) in [6, 6.07) is 8.02. The summed E-state index contributed by atoms with van der Waals surface area (Å²) >= 11 is 2.36. The van der Waals surface area contributed by atoms with Crippen LogP contribution >= 0.6 is 23.5 Å². The number of unbranched alkanes of at least 4 members (excludes halogenated alkanes) is 3. The molecule has 0 aromatic carbocycles. The summed E-state index contributed by atoms with van der Waals surface area (Å²) in [4.78, 5) is 0. The van der Waals surface area contributed by atoms with Crippen molar-refractivity contribution in [2.45, 2.75) is 25.7 Å². The predicted molar refractivity (Wildman–Crippen MR) is 123 cm³/mol. The third kappa shape index (κ3) is 8.02. The van der Waals surface area contributed by atoms with E-state index in [1.807, 2.05) is 72.3 Å². The molecule has 0 spiro atoms. The number of aromatic nitrogens is 6. The molecule has 12 heteroatoms. The van der Waals surface area contributed by atoms with Crippen LogP contribution in [0.5, 0.6) is 11.8 Å². The van der Waals surface area contributed by atoms with Gasteiger partial charge in [-0.05, 0) is 37.8 Å². The van der Waals surface area contributed by atoms with Crippen LogP contribution in [0, 0.1) is 0 Å². The quantitative estimate of drug-likeness (QED) is 0.0961. The minimum atomic E-state index is 0. The van der Waals surface area contributed by atoms with E-state index in [1.54, 1.807) is 0 Å².